The van der Waals surface area contributed by atoms with Crippen molar-refractivity contribution in [2.75, 3.05) is 18.0 Å². The monoisotopic (exact) mass is 250 g/mol. The summed E-state index contributed by atoms with van der Waals surface area (Å²) in [5, 5.41) is 10.9. The SMILES string of the molecule is NC(=O)[C@@H]1CCCN(c2ncccc2[N+](=O)[O-])C1. The fraction of sp³-hybridized carbons (Fsp3) is 0.455. The van der Waals surface area contributed by atoms with Crippen LogP contribution in [0, 0.1) is 16.0 Å². The smallest absolute Gasteiger partial charge is 0.311 e. The minimum absolute atomic E-state index is 0.0392. The molecule has 2 heterocycles. The Kier molecular flexibility index (Phi) is 3.40. The molecule has 1 aromatic heterocycles. The van der Waals surface area contributed by atoms with Crippen LogP contribution in [0.1, 0.15) is 12.8 Å². The molecule has 1 atom stereocenters. The van der Waals surface area contributed by atoms with E-state index >= 15 is 0 Å². The summed E-state index contributed by atoms with van der Waals surface area (Å²) in [4.78, 5) is 27.5. The number of nitrogens with two attached hydrogens (primary N) is 1. The maximum absolute atomic E-state index is 11.2. The largest absolute Gasteiger partial charge is 0.369 e. The second-order valence-corrected chi connectivity index (χ2v) is 4.29. The summed E-state index contributed by atoms with van der Waals surface area (Å²) >= 11 is 0. The number of anilines is 1. The van der Waals surface area contributed by atoms with Gasteiger partial charge < -0.3 is 10.6 Å². The van der Waals surface area contributed by atoms with Crippen molar-refractivity contribution < 1.29 is 9.72 Å². The van der Waals surface area contributed by atoms with Crippen LogP contribution in [0.25, 0.3) is 0 Å². The number of aromatic nitrogens is 1. The lowest BCUT2D eigenvalue weighted by atomic mass is 9.97. The van der Waals surface area contributed by atoms with Crippen LogP contribution in [0.5, 0.6) is 0 Å². The molecular formula is C11H14N4O3. The Morgan fingerprint density at radius 2 is 2.39 bits per heavy atom. The van der Waals surface area contributed by atoms with Gasteiger partial charge in [0.25, 0.3) is 0 Å². The normalized spacial score (nSPS) is 19.6. The van der Waals surface area contributed by atoms with Gasteiger partial charge in [0.2, 0.25) is 11.7 Å². The lowest BCUT2D eigenvalue weighted by Gasteiger charge is -2.31. The summed E-state index contributed by atoms with van der Waals surface area (Å²) < 4.78 is 0. The van der Waals surface area contributed by atoms with Gasteiger partial charge >= 0.3 is 5.69 Å². The third-order valence-electron chi connectivity index (χ3n) is 3.09. The van der Waals surface area contributed by atoms with E-state index in [0.717, 1.165) is 12.8 Å². The maximum atomic E-state index is 11.2. The van der Waals surface area contributed by atoms with E-state index in [0.29, 0.717) is 18.9 Å². The number of pyridine rings is 1. The minimum atomic E-state index is -0.462. The first kappa shape index (κ1) is 12.3. The number of amides is 1. The lowest BCUT2D eigenvalue weighted by molar-refractivity contribution is -0.384. The van der Waals surface area contributed by atoms with E-state index in [1.807, 2.05) is 0 Å². The number of carbonyl (C=O) groups excluding carboxylic acids is 1. The highest BCUT2D eigenvalue weighted by Gasteiger charge is 2.28. The van der Waals surface area contributed by atoms with Crippen molar-refractivity contribution in [3.8, 4) is 0 Å². The summed E-state index contributed by atoms with van der Waals surface area (Å²) in [6, 6.07) is 2.94. The van der Waals surface area contributed by atoms with Crippen LogP contribution >= 0.6 is 0 Å². The Morgan fingerprint density at radius 1 is 1.61 bits per heavy atom. The standard InChI is InChI=1S/C11H14N4O3/c12-10(16)8-3-2-6-14(7-8)11-9(15(17)18)4-1-5-13-11/h1,4-5,8H,2-3,6-7H2,(H2,12,16)/t8-/m1/s1. The van der Waals surface area contributed by atoms with Crippen LogP contribution in [0.2, 0.25) is 0 Å². The number of piperidine rings is 1. The van der Waals surface area contributed by atoms with Crippen LogP contribution in [-0.4, -0.2) is 28.9 Å². The summed E-state index contributed by atoms with van der Waals surface area (Å²) in [5.41, 5.74) is 5.25. The molecule has 96 valence electrons. The van der Waals surface area contributed by atoms with Crippen molar-refractivity contribution in [3.63, 3.8) is 0 Å². The van der Waals surface area contributed by atoms with E-state index in [2.05, 4.69) is 4.98 Å². The molecule has 0 aromatic carbocycles. The molecule has 1 aliphatic heterocycles. The number of carbonyl (C=O) groups is 1. The Balaban J connectivity index is 2.26. The van der Waals surface area contributed by atoms with E-state index in [9.17, 15) is 14.9 Å². The number of hydrogen-bond acceptors (Lipinski definition) is 5. The van der Waals surface area contributed by atoms with E-state index in [1.54, 1.807) is 4.90 Å². The van der Waals surface area contributed by atoms with Crippen LogP contribution in [0.15, 0.2) is 18.3 Å². The van der Waals surface area contributed by atoms with Gasteiger partial charge in [-0.1, -0.05) is 0 Å². The van der Waals surface area contributed by atoms with Crippen molar-refractivity contribution in [3.05, 3.63) is 28.4 Å². The summed E-state index contributed by atoms with van der Waals surface area (Å²) in [6.07, 6.45) is 3.02. The van der Waals surface area contributed by atoms with Gasteiger partial charge in [0.05, 0.1) is 10.8 Å². The highest BCUT2D eigenvalue weighted by atomic mass is 16.6. The van der Waals surface area contributed by atoms with Gasteiger partial charge in [-0.3, -0.25) is 14.9 Å². The lowest BCUT2D eigenvalue weighted by Crippen LogP contribution is -2.41. The van der Waals surface area contributed by atoms with E-state index in [1.165, 1.54) is 18.3 Å². The molecule has 0 saturated carbocycles. The Morgan fingerprint density at radius 3 is 3.06 bits per heavy atom. The van der Waals surface area contributed by atoms with Crippen LogP contribution in [0.4, 0.5) is 11.5 Å². The van der Waals surface area contributed by atoms with Gasteiger partial charge in [-0.05, 0) is 18.9 Å². The van der Waals surface area contributed by atoms with Crippen LogP contribution in [-0.2, 0) is 4.79 Å². The highest BCUT2D eigenvalue weighted by molar-refractivity contribution is 5.77. The average molecular weight is 250 g/mol. The molecule has 0 spiro atoms. The number of rotatable bonds is 3. The molecule has 1 fully saturated rings. The topological polar surface area (TPSA) is 102 Å². The number of nitro groups is 1. The van der Waals surface area contributed by atoms with E-state index < -0.39 is 4.92 Å². The Hall–Kier alpha value is -2.18. The summed E-state index contributed by atoms with van der Waals surface area (Å²) in [5.74, 6) is -0.313. The van der Waals surface area contributed by atoms with Gasteiger partial charge in [-0.2, -0.15) is 0 Å². The molecule has 0 radical (unpaired) electrons. The molecule has 0 bridgehead atoms. The predicted octanol–water partition coefficient (Wildman–Crippen LogP) is 0.691. The minimum Gasteiger partial charge on any atom is -0.369 e. The molecule has 18 heavy (non-hydrogen) atoms. The molecule has 1 saturated heterocycles. The van der Waals surface area contributed by atoms with Gasteiger partial charge in [-0.25, -0.2) is 4.98 Å². The molecule has 2 N–H and O–H groups in total. The molecule has 7 nitrogen and oxygen atoms in total. The van der Waals surface area contributed by atoms with Crippen LogP contribution in [0.3, 0.4) is 0 Å². The first-order valence-electron chi connectivity index (χ1n) is 5.73. The number of nitrogens with zero attached hydrogens (tertiary/aromatic N) is 3. The van der Waals surface area contributed by atoms with Crippen molar-refractivity contribution in [2.45, 2.75) is 12.8 Å². The first-order chi connectivity index (χ1) is 8.59. The van der Waals surface area contributed by atoms with E-state index in [4.69, 9.17) is 5.73 Å². The number of hydrogen-bond donors (Lipinski definition) is 1. The van der Waals surface area contributed by atoms with Gasteiger partial charge in [0, 0.05) is 25.4 Å². The van der Waals surface area contributed by atoms with Crippen molar-refractivity contribution in [2.24, 2.45) is 11.7 Å². The number of primary amides is 1. The third-order valence-corrected chi connectivity index (χ3v) is 3.09. The maximum Gasteiger partial charge on any atom is 0.311 e. The van der Waals surface area contributed by atoms with E-state index in [-0.39, 0.29) is 17.5 Å². The highest BCUT2D eigenvalue weighted by Crippen LogP contribution is 2.28. The third kappa shape index (κ3) is 2.39. The predicted molar refractivity (Wildman–Crippen MR) is 65.0 cm³/mol. The molecule has 0 unspecified atom stereocenters. The molecular weight excluding hydrogens is 236 g/mol. The van der Waals surface area contributed by atoms with Gasteiger partial charge in [-0.15, -0.1) is 0 Å². The van der Waals surface area contributed by atoms with Gasteiger partial charge in [0.1, 0.15) is 0 Å². The molecule has 7 heteroatoms. The molecule has 1 aromatic rings. The summed E-state index contributed by atoms with van der Waals surface area (Å²) in [6.45, 7) is 1.05. The average Bonchev–Trinajstić information content (AvgIpc) is 2.39. The molecule has 0 aliphatic carbocycles. The quantitative estimate of drug-likeness (QED) is 0.628. The van der Waals surface area contributed by atoms with Gasteiger partial charge in [0.15, 0.2) is 0 Å². The fourth-order valence-electron chi connectivity index (χ4n) is 2.18. The molecule has 1 aliphatic rings. The van der Waals surface area contributed by atoms with Crippen molar-refractivity contribution in [1.29, 1.82) is 0 Å². The zero-order valence-corrected chi connectivity index (χ0v) is 9.78. The zero-order valence-electron chi connectivity index (χ0n) is 9.78. The Bertz CT molecular complexity index is 477. The second-order valence-electron chi connectivity index (χ2n) is 4.29. The second kappa shape index (κ2) is 4.99. The molecule has 1 amide bonds. The Labute approximate surface area is 104 Å². The summed E-state index contributed by atoms with van der Waals surface area (Å²) in [7, 11) is 0. The van der Waals surface area contributed by atoms with Crippen molar-refractivity contribution >= 4 is 17.4 Å². The zero-order chi connectivity index (χ0) is 13.1. The van der Waals surface area contributed by atoms with Crippen LogP contribution < -0.4 is 10.6 Å². The van der Waals surface area contributed by atoms with Crippen molar-refractivity contribution in [1.82, 2.24) is 4.98 Å². The first-order valence-corrected chi connectivity index (χ1v) is 5.73. The fourth-order valence-corrected chi connectivity index (χ4v) is 2.18. The molecule has 2 rings (SSSR count).